The van der Waals surface area contributed by atoms with Crippen molar-refractivity contribution < 1.29 is 9.47 Å². The topological polar surface area (TPSA) is 44.2 Å². The molecule has 0 aliphatic heterocycles. The Morgan fingerprint density at radius 3 is 2.05 bits per heavy atom. The zero-order chi connectivity index (χ0) is 14.3. The van der Waals surface area contributed by atoms with E-state index in [1.807, 2.05) is 0 Å². The summed E-state index contributed by atoms with van der Waals surface area (Å²) in [7, 11) is 3.27. The van der Waals surface area contributed by atoms with Crippen LogP contribution in [0, 0.1) is 0 Å². The van der Waals surface area contributed by atoms with E-state index in [1.54, 1.807) is 14.2 Å². The largest absolute Gasteiger partial charge is 0.481 e. The van der Waals surface area contributed by atoms with Gasteiger partial charge in [0, 0.05) is 5.41 Å². The Labute approximate surface area is 116 Å². The molecule has 0 unspecified atom stereocenters. The first kappa shape index (κ1) is 15.7. The maximum absolute atomic E-state index is 5.37. The SMILES string of the molecule is CCCCCCC(C)(C)c1c(OC)ncnc1OC. The molecule has 0 saturated heterocycles. The van der Waals surface area contributed by atoms with Gasteiger partial charge in [0.2, 0.25) is 11.8 Å². The van der Waals surface area contributed by atoms with Crippen molar-refractivity contribution in [2.75, 3.05) is 14.2 Å². The third-order valence-electron chi connectivity index (χ3n) is 3.50. The summed E-state index contributed by atoms with van der Waals surface area (Å²) < 4.78 is 10.7. The van der Waals surface area contributed by atoms with Crippen LogP contribution in [0.5, 0.6) is 11.8 Å². The van der Waals surface area contributed by atoms with Crippen molar-refractivity contribution in [2.24, 2.45) is 0 Å². The molecule has 1 aromatic rings. The van der Waals surface area contributed by atoms with E-state index < -0.39 is 0 Å². The van der Waals surface area contributed by atoms with Gasteiger partial charge in [-0.15, -0.1) is 0 Å². The van der Waals surface area contributed by atoms with E-state index in [2.05, 4.69) is 30.7 Å². The fourth-order valence-corrected chi connectivity index (χ4v) is 2.36. The fraction of sp³-hybridized carbons (Fsp3) is 0.733. The summed E-state index contributed by atoms with van der Waals surface area (Å²) in [6, 6.07) is 0. The monoisotopic (exact) mass is 266 g/mol. The molecule has 1 rings (SSSR count). The highest BCUT2D eigenvalue weighted by Gasteiger charge is 2.29. The molecule has 0 spiro atoms. The summed E-state index contributed by atoms with van der Waals surface area (Å²) in [5.41, 5.74) is 0.919. The van der Waals surface area contributed by atoms with Gasteiger partial charge in [0.1, 0.15) is 6.33 Å². The summed E-state index contributed by atoms with van der Waals surface area (Å²) in [5, 5.41) is 0. The van der Waals surface area contributed by atoms with Gasteiger partial charge in [0.15, 0.2) is 0 Å². The molecule has 108 valence electrons. The van der Waals surface area contributed by atoms with Gasteiger partial charge in [0.25, 0.3) is 0 Å². The molecule has 0 saturated carbocycles. The number of ether oxygens (including phenoxy) is 2. The molecule has 4 nitrogen and oxygen atoms in total. The molecule has 0 atom stereocenters. The van der Waals surface area contributed by atoms with Crippen molar-refractivity contribution in [2.45, 2.75) is 58.3 Å². The van der Waals surface area contributed by atoms with Crippen LogP contribution in [0.3, 0.4) is 0 Å². The van der Waals surface area contributed by atoms with E-state index in [0.29, 0.717) is 11.8 Å². The smallest absolute Gasteiger partial charge is 0.223 e. The van der Waals surface area contributed by atoms with Crippen LogP contribution in [-0.4, -0.2) is 24.2 Å². The van der Waals surface area contributed by atoms with Gasteiger partial charge >= 0.3 is 0 Å². The number of nitrogens with zero attached hydrogens (tertiary/aromatic N) is 2. The minimum atomic E-state index is -0.0499. The zero-order valence-corrected chi connectivity index (χ0v) is 12.8. The van der Waals surface area contributed by atoms with Crippen molar-refractivity contribution in [3.8, 4) is 11.8 Å². The minimum absolute atomic E-state index is 0.0499. The van der Waals surface area contributed by atoms with Gasteiger partial charge in [-0.25, -0.2) is 9.97 Å². The lowest BCUT2D eigenvalue weighted by Crippen LogP contribution is -2.20. The molecule has 0 amide bonds. The van der Waals surface area contributed by atoms with Crippen LogP contribution in [0.25, 0.3) is 0 Å². The second-order valence-corrected chi connectivity index (χ2v) is 5.46. The Hall–Kier alpha value is -1.32. The van der Waals surface area contributed by atoms with Gasteiger partial charge in [-0.1, -0.05) is 46.5 Å². The molecule has 1 aromatic heterocycles. The molecule has 19 heavy (non-hydrogen) atoms. The summed E-state index contributed by atoms with van der Waals surface area (Å²) in [5.74, 6) is 1.24. The number of hydrogen-bond donors (Lipinski definition) is 0. The average Bonchev–Trinajstić information content (AvgIpc) is 2.42. The molecular weight excluding hydrogens is 240 g/mol. The van der Waals surface area contributed by atoms with Crippen molar-refractivity contribution in [1.82, 2.24) is 9.97 Å². The van der Waals surface area contributed by atoms with Crippen molar-refractivity contribution in [1.29, 1.82) is 0 Å². The second-order valence-electron chi connectivity index (χ2n) is 5.46. The van der Waals surface area contributed by atoms with Crippen LogP contribution < -0.4 is 9.47 Å². The van der Waals surface area contributed by atoms with Crippen LogP contribution >= 0.6 is 0 Å². The van der Waals surface area contributed by atoms with Crippen molar-refractivity contribution in [3.63, 3.8) is 0 Å². The molecule has 0 N–H and O–H groups in total. The zero-order valence-electron chi connectivity index (χ0n) is 12.8. The maximum atomic E-state index is 5.37. The molecule has 0 aliphatic carbocycles. The minimum Gasteiger partial charge on any atom is -0.481 e. The lowest BCUT2D eigenvalue weighted by Gasteiger charge is -2.27. The first-order valence-corrected chi connectivity index (χ1v) is 7.00. The highest BCUT2D eigenvalue weighted by molar-refractivity contribution is 5.40. The van der Waals surface area contributed by atoms with E-state index in [1.165, 1.54) is 32.0 Å². The molecule has 1 heterocycles. The van der Waals surface area contributed by atoms with Gasteiger partial charge in [0.05, 0.1) is 19.8 Å². The highest BCUT2D eigenvalue weighted by atomic mass is 16.5. The van der Waals surface area contributed by atoms with Crippen molar-refractivity contribution in [3.05, 3.63) is 11.9 Å². The van der Waals surface area contributed by atoms with Crippen LogP contribution in [0.4, 0.5) is 0 Å². The molecule has 0 aromatic carbocycles. The van der Waals surface area contributed by atoms with Crippen LogP contribution in [-0.2, 0) is 5.41 Å². The van der Waals surface area contributed by atoms with Gasteiger partial charge in [-0.2, -0.15) is 0 Å². The molecule has 0 bridgehead atoms. The average molecular weight is 266 g/mol. The summed E-state index contributed by atoms with van der Waals surface area (Å²) in [4.78, 5) is 8.41. The lowest BCUT2D eigenvalue weighted by atomic mass is 9.80. The third kappa shape index (κ3) is 4.08. The molecule has 0 fully saturated rings. The molecule has 0 aliphatic rings. The fourth-order valence-electron chi connectivity index (χ4n) is 2.36. The predicted octanol–water partition coefficient (Wildman–Crippen LogP) is 3.74. The molecule has 0 radical (unpaired) electrons. The first-order chi connectivity index (χ1) is 9.06. The van der Waals surface area contributed by atoms with E-state index in [0.717, 1.165) is 12.0 Å². The quantitative estimate of drug-likeness (QED) is 0.672. The van der Waals surface area contributed by atoms with Crippen LogP contribution in [0.1, 0.15) is 58.4 Å². The normalized spacial score (nSPS) is 11.4. The number of hydrogen-bond acceptors (Lipinski definition) is 4. The van der Waals surface area contributed by atoms with Gasteiger partial charge < -0.3 is 9.47 Å². The Morgan fingerprint density at radius 1 is 1.00 bits per heavy atom. The third-order valence-corrected chi connectivity index (χ3v) is 3.50. The molecule has 4 heteroatoms. The summed E-state index contributed by atoms with van der Waals surface area (Å²) in [6.45, 7) is 6.62. The Balaban J connectivity index is 2.91. The van der Waals surface area contributed by atoms with Crippen LogP contribution in [0.2, 0.25) is 0 Å². The first-order valence-electron chi connectivity index (χ1n) is 7.00. The number of rotatable bonds is 8. The lowest BCUT2D eigenvalue weighted by molar-refractivity contribution is 0.330. The second kappa shape index (κ2) is 7.31. The Bertz CT molecular complexity index is 369. The van der Waals surface area contributed by atoms with Gasteiger partial charge in [-0.05, 0) is 6.42 Å². The van der Waals surface area contributed by atoms with E-state index in [9.17, 15) is 0 Å². The predicted molar refractivity (Wildman–Crippen MR) is 76.9 cm³/mol. The van der Waals surface area contributed by atoms with Crippen LogP contribution in [0.15, 0.2) is 6.33 Å². The number of aromatic nitrogens is 2. The standard InChI is InChI=1S/C15H26N2O2/c1-6-7-8-9-10-15(2,3)12-13(18-4)16-11-17-14(12)19-5/h11H,6-10H2,1-5H3. The maximum Gasteiger partial charge on any atom is 0.223 e. The Kier molecular flexibility index (Phi) is 6.06. The van der Waals surface area contributed by atoms with Gasteiger partial charge in [-0.3, -0.25) is 0 Å². The van der Waals surface area contributed by atoms with Crippen molar-refractivity contribution >= 4 is 0 Å². The van der Waals surface area contributed by atoms with E-state index >= 15 is 0 Å². The highest BCUT2D eigenvalue weighted by Crippen LogP contribution is 2.39. The van der Waals surface area contributed by atoms with E-state index in [4.69, 9.17) is 9.47 Å². The number of unbranched alkanes of at least 4 members (excludes halogenated alkanes) is 3. The molecular formula is C15H26N2O2. The summed E-state index contributed by atoms with van der Waals surface area (Å²) >= 11 is 0. The Morgan fingerprint density at radius 2 is 1.58 bits per heavy atom. The number of methoxy groups -OCH3 is 2. The summed E-state index contributed by atoms with van der Waals surface area (Å²) in [6.07, 6.45) is 7.55. The van der Waals surface area contributed by atoms with E-state index in [-0.39, 0.29) is 5.41 Å².